The van der Waals surface area contributed by atoms with E-state index >= 15 is 0 Å². The number of carbonyl (C=O) groups excluding carboxylic acids is 3. The summed E-state index contributed by atoms with van der Waals surface area (Å²) < 4.78 is 0. The van der Waals surface area contributed by atoms with Crippen LogP contribution in [-0.2, 0) is 16.1 Å². The van der Waals surface area contributed by atoms with Gasteiger partial charge in [0.15, 0.2) is 0 Å². The minimum atomic E-state index is -0.142. The van der Waals surface area contributed by atoms with Crippen LogP contribution >= 0.6 is 22.7 Å². The van der Waals surface area contributed by atoms with Crippen LogP contribution in [0, 0.1) is 5.92 Å². The molecule has 2 aromatic heterocycles. The second kappa shape index (κ2) is 12.2. The first-order valence-corrected chi connectivity index (χ1v) is 15.9. The second-order valence-corrected chi connectivity index (χ2v) is 13.2. The lowest BCUT2D eigenvalue weighted by molar-refractivity contribution is -0.122. The molecular weight excluding hydrogens is 542 g/mol. The van der Waals surface area contributed by atoms with Crippen molar-refractivity contribution >= 4 is 45.4 Å². The number of likely N-dealkylation sites (tertiary alicyclic amines) is 1. The van der Waals surface area contributed by atoms with Gasteiger partial charge in [-0.05, 0) is 61.4 Å². The number of thiazole rings is 1. The highest BCUT2D eigenvalue weighted by Crippen LogP contribution is 2.36. The van der Waals surface area contributed by atoms with Crippen molar-refractivity contribution in [2.24, 2.45) is 5.92 Å². The molecule has 10 heteroatoms. The van der Waals surface area contributed by atoms with E-state index in [0.717, 1.165) is 40.4 Å². The molecule has 0 radical (unpaired) electrons. The maximum absolute atomic E-state index is 13.0. The predicted octanol–water partition coefficient (Wildman–Crippen LogP) is 5.00. The van der Waals surface area contributed by atoms with E-state index in [4.69, 9.17) is 0 Å². The molecule has 3 fully saturated rings. The molecule has 1 saturated carbocycles. The van der Waals surface area contributed by atoms with Crippen LogP contribution in [0.2, 0.25) is 0 Å². The van der Waals surface area contributed by atoms with Gasteiger partial charge in [0.1, 0.15) is 0 Å². The van der Waals surface area contributed by atoms with Crippen molar-refractivity contribution in [3.63, 3.8) is 0 Å². The molecule has 0 spiro atoms. The molecule has 4 heterocycles. The van der Waals surface area contributed by atoms with Crippen molar-refractivity contribution in [2.75, 3.05) is 25.0 Å². The van der Waals surface area contributed by atoms with Gasteiger partial charge in [0, 0.05) is 38.2 Å². The standard InChI is InChI=1S/C30H35N5O3S2/c36-26(14-19-4-1-2-5-19)32-15-20-7-9-21(10-8-20)25-16-33-29(40-25)22-17-35(18-22)30(38)24-11-12-27(39-24)34-28(37)23-6-3-13-31-23/h7-12,16,19,22-23,31H,1-6,13-15,17-18H2,(H,32,36)(H,34,37)/t23-/m0/s1. The molecule has 0 bridgehead atoms. The number of amides is 3. The maximum atomic E-state index is 13.0. The lowest BCUT2D eigenvalue weighted by atomic mass is 10.0. The van der Waals surface area contributed by atoms with E-state index in [2.05, 4.69) is 45.2 Å². The second-order valence-electron chi connectivity index (χ2n) is 11.1. The van der Waals surface area contributed by atoms with E-state index in [0.29, 0.717) is 41.9 Å². The van der Waals surface area contributed by atoms with Crippen molar-refractivity contribution in [1.82, 2.24) is 20.5 Å². The first kappa shape index (κ1) is 27.1. The van der Waals surface area contributed by atoms with E-state index in [9.17, 15) is 14.4 Å². The number of nitrogens with zero attached hydrogens (tertiary/aromatic N) is 2. The molecule has 40 heavy (non-hydrogen) atoms. The van der Waals surface area contributed by atoms with Gasteiger partial charge >= 0.3 is 0 Å². The number of thiophene rings is 1. The molecular formula is C30H35N5O3S2. The summed E-state index contributed by atoms with van der Waals surface area (Å²) in [5.74, 6) is 0.927. The van der Waals surface area contributed by atoms with Gasteiger partial charge in [-0.15, -0.1) is 22.7 Å². The van der Waals surface area contributed by atoms with Crippen LogP contribution in [0.25, 0.3) is 10.4 Å². The van der Waals surface area contributed by atoms with Gasteiger partial charge < -0.3 is 20.9 Å². The van der Waals surface area contributed by atoms with Crippen LogP contribution in [0.3, 0.4) is 0 Å². The average Bonchev–Trinajstić information content (AvgIpc) is 3.75. The number of hydrogen-bond acceptors (Lipinski definition) is 7. The Morgan fingerprint density at radius 1 is 0.975 bits per heavy atom. The molecule has 3 aliphatic rings. The number of rotatable bonds is 9. The number of anilines is 1. The Balaban J connectivity index is 0.968. The monoisotopic (exact) mass is 577 g/mol. The number of benzene rings is 1. The van der Waals surface area contributed by atoms with Crippen LogP contribution in [0.4, 0.5) is 5.00 Å². The predicted molar refractivity (Wildman–Crippen MR) is 159 cm³/mol. The van der Waals surface area contributed by atoms with Gasteiger partial charge in [0.25, 0.3) is 5.91 Å². The quantitative estimate of drug-likeness (QED) is 0.332. The Hall–Kier alpha value is -3.08. The molecule has 2 saturated heterocycles. The average molecular weight is 578 g/mol. The van der Waals surface area contributed by atoms with E-state index in [1.165, 1.54) is 37.0 Å². The van der Waals surface area contributed by atoms with E-state index in [1.54, 1.807) is 17.4 Å². The van der Waals surface area contributed by atoms with Crippen molar-refractivity contribution in [3.05, 3.63) is 58.0 Å². The lowest BCUT2D eigenvalue weighted by Gasteiger charge is -2.37. The highest BCUT2D eigenvalue weighted by Gasteiger charge is 2.35. The first-order valence-electron chi connectivity index (χ1n) is 14.3. The van der Waals surface area contributed by atoms with Crippen molar-refractivity contribution < 1.29 is 14.4 Å². The topological polar surface area (TPSA) is 103 Å². The zero-order valence-corrected chi connectivity index (χ0v) is 24.1. The fourth-order valence-corrected chi connectivity index (χ4v) is 7.62. The third-order valence-corrected chi connectivity index (χ3v) is 10.4. The Morgan fingerprint density at radius 2 is 1.77 bits per heavy atom. The van der Waals surface area contributed by atoms with Crippen LogP contribution in [-0.4, -0.2) is 53.3 Å². The summed E-state index contributed by atoms with van der Waals surface area (Å²) in [6.07, 6.45) is 9.30. The number of nitrogens with one attached hydrogen (secondary N) is 3. The number of hydrogen-bond donors (Lipinski definition) is 3. The van der Waals surface area contributed by atoms with Gasteiger partial charge in [-0.25, -0.2) is 4.98 Å². The summed E-state index contributed by atoms with van der Waals surface area (Å²) in [5, 5.41) is 11.0. The van der Waals surface area contributed by atoms with Crippen LogP contribution in [0.5, 0.6) is 0 Å². The third kappa shape index (κ3) is 6.29. The van der Waals surface area contributed by atoms with Crippen LogP contribution in [0.1, 0.15) is 71.1 Å². The SMILES string of the molecule is O=C(CC1CCCC1)NCc1ccc(-c2cnc(C3CN(C(=O)c4ccc(NC(=O)[C@@H]5CCCN5)s4)C3)s2)cc1. The number of carbonyl (C=O) groups is 3. The minimum Gasteiger partial charge on any atom is -0.352 e. The van der Waals surface area contributed by atoms with Gasteiger partial charge in [-0.2, -0.15) is 0 Å². The summed E-state index contributed by atoms with van der Waals surface area (Å²) in [6.45, 7) is 2.73. The fraction of sp³-hybridized carbons (Fsp3) is 0.467. The van der Waals surface area contributed by atoms with Gasteiger partial charge in [0.05, 0.1) is 25.8 Å². The fourth-order valence-electron chi connectivity index (χ4n) is 5.74. The normalized spacial score (nSPS) is 19.5. The Bertz CT molecular complexity index is 1350. The van der Waals surface area contributed by atoms with Crippen molar-refractivity contribution in [2.45, 2.75) is 63.5 Å². The van der Waals surface area contributed by atoms with E-state index in [-0.39, 0.29) is 29.7 Å². The first-order chi connectivity index (χ1) is 19.5. The highest BCUT2D eigenvalue weighted by atomic mass is 32.1. The molecule has 3 aromatic rings. The van der Waals surface area contributed by atoms with Crippen molar-refractivity contribution in [3.8, 4) is 10.4 Å². The summed E-state index contributed by atoms with van der Waals surface area (Å²) in [7, 11) is 0. The lowest BCUT2D eigenvalue weighted by Crippen LogP contribution is -2.48. The van der Waals surface area contributed by atoms with Crippen LogP contribution < -0.4 is 16.0 Å². The molecule has 3 N–H and O–H groups in total. The summed E-state index contributed by atoms with van der Waals surface area (Å²) in [4.78, 5) is 45.8. The Kier molecular flexibility index (Phi) is 8.27. The molecule has 6 rings (SSSR count). The summed E-state index contributed by atoms with van der Waals surface area (Å²) in [5.41, 5.74) is 2.20. The minimum absolute atomic E-state index is 0.00319. The highest BCUT2D eigenvalue weighted by molar-refractivity contribution is 7.18. The molecule has 3 amide bonds. The number of aromatic nitrogens is 1. The molecule has 0 unspecified atom stereocenters. The molecule has 1 atom stereocenters. The van der Waals surface area contributed by atoms with Crippen molar-refractivity contribution in [1.29, 1.82) is 0 Å². The van der Waals surface area contributed by atoms with Crippen LogP contribution in [0.15, 0.2) is 42.6 Å². The Morgan fingerprint density at radius 3 is 2.52 bits per heavy atom. The zero-order chi connectivity index (χ0) is 27.5. The van der Waals surface area contributed by atoms with Gasteiger partial charge in [-0.3, -0.25) is 14.4 Å². The maximum Gasteiger partial charge on any atom is 0.264 e. The molecule has 1 aromatic carbocycles. The molecule has 2 aliphatic heterocycles. The molecule has 8 nitrogen and oxygen atoms in total. The van der Waals surface area contributed by atoms with Gasteiger partial charge in [-0.1, -0.05) is 37.1 Å². The molecule has 210 valence electrons. The van der Waals surface area contributed by atoms with E-state index < -0.39 is 0 Å². The molecule has 1 aliphatic carbocycles. The third-order valence-electron chi connectivity index (χ3n) is 8.16. The largest absolute Gasteiger partial charge is 0.352 e. The zero-order valence-electron chi connectivity index (χ0n) is 22.5. The van der Waals surface area contributed by atoms with E-state index in [1.807, 2.05) is 17.2 Å². The van der Waals surface area contributed by atoms with Gasteiger partial charge in [0.2, 0.25) is 11.8 Å². The summed E-state index contributed by atoms with van der Waals surface area (Å²) >= 11 is 3.00. The smallest absolute Gasteiger partial charge is 0.264 e. The Labute approximate surface area is 242 Å². The summed E-state index contributed by atoms with van der Waals surface area (Å²) in [6, 6.07) is 11.8.